The van der Waals surface area contributed by atoms with E-state index in [1.807, 2.05) is 0 Å². The summed E-state index contributed by atoms with van der Waals surface area (Å²) in [6.45, 7) is 6.77. The second-order valence-corrected chi connectivity index (χ2v) is 7.27. The van der Waals surface area contributed by atoms with Crippen LogP contribution in [0.15, 0.2) is 11.6 Å². The van der Waals surface area contributed by atoms with Crippen LogP contribution in [0.3, 0.4) is 0 Å². The Kier molecular flexibility index (Phi) is 4.21. The molecule has 1 N–H and O–H groups in total. The highest BCUT2D eigenvalue weighted by Crippen LogP contribution is 2.41. The van der Waals surface area contributed by atoms with Crippen molar-refractivity contribution in [2.24, 2.45) is 17.8 Å². The van der Waals surface area contributed by atoms with E-state index >= 15 is 0 Å². The summed E-state index contributed by atoms with van der Waals surface area (Å²) in [7, 11) is 0. The highest BCUT2D eigenvalue weighted by Gasteiger charge is 2.44. The molecule has 0 aromatic rings. The van der Waals surface area contributed by atoms with E-state index < -0.39 is 0 Å². The molecule has 2 heterocycles. The Labute approximate surface area is 122 Å². The maximum absolute atomic E-state index is 10.9. The van der Waals surface area contributed by atoms with Crippen molar-refractivity contribution < 1.29 is 14.6 Å². The fourth-order valence-electron chi connectivity index (χ4n) is 4.46. The van der Waals surface area contributed by atoms with Crippen molar-refractivity contribution in [1.82, 2.24) is 0 Å². The second kappa shape index (κ2) is 5.78. The standard InChI is InChI=1S/C17H28O3/c1-12-7-13(2)9-15(8-12)16(18)14-3-5-20-17(10-14)4-6-19-11-17/h7,12,14-16,18H,3-6,8-11H2,1-2H3. The molecule has 2 fully saturated rings. The molecule has 3 heteroatoms. The molecule has 0 amide bonds. The zero-order chi connectivity index (χ0) is 14.2. The molecule has 3 aliphatic rings. The first kappa shape index (κ1) is 14.6. The number of hydrogen-bond acceptors (Lipinski definition) is 3. The smallest absolute Gasteiger partial charge is 0.0940 e. The largest absolute Gasteiger partial charge is 0.393 e. The zero-order valence-corrected chi connectivity index (χ0v) is 12.8. The second-order valence-electron chi connectivity index (χ2n) is 7.27. The highest BCUT2D eigenvalue weighted by atomic mass is 16.6. The summed E-state index contributed by atoms with van der Waals surface area (Å²) in [6.07, 6.45) is 7.34. The van der Waals surface area contributed by atoms with E-state index in [9.17, 15) is 5.11 Å². The van der Waals surface area contributed by atoms with Crippen molar-refractivity contribution in [2.75, 3.05) is 19.8 Å². The molecule has 0 bridgehead atoms. The van der Waals surface area contributed by atoms with Crippen molar-refractivity contribution in [3.63, 3.8) is 0 Å². The third kappa shape index (κ3) is 2.95. The summed E-state index contributed by atoms with van der Waals surface area (Å²) in [5.41, 5.74) is 1.36. The van der Waals surface area contributed by atoms with Crippen molar-refractivity contribution >= 4 is 0 Å². The molecular weight excluding hydrogens is 252 g/mol. The van der Waals surface area contributed by atoms with Crippen LogP contribution in [-0.4, -0.2) is 36.6 Å². The van der Waals surface area contributed by atoms with Gasteiger partial charge in [0, 0.05) is 19.6 Å². The average molecular weight is 280 g/mol. The van der Waals surface area contributed by atoms with Crippen molar-refractivity contribution in [1.29, 1.82) is 0 Å². The van der Waals surface area contributed by atoms with Crippen LogP contribution >= 0.6 is 0 Å². The molecule has 0 aromatic heterocycles. The third-order valence-electron chi connectivity index (χ3n) is 5.39. The Morgan fingerprint density at radius 1 is 1.35 bits per heavy atom. The monoisotopic (exact) mass is 280 g/mol. The van der Waals surface area contributed by atoms with E-state index in [0.717, 1.165) is 51.9 Å². The number of aliphatic hydroxyl groups excluding tert-OH is 1. The average Bonchev–Trinajstić information content (AvgIpc) is 2.85. The maximum Gasteiger partial charge on any atom is 0.0940 e. The van der Waals surface area contributed by atoms with Crippen LogP contribution < -0.4 is 0 Å². The molecule has 3 nitrogen and oxygen atoms in total. The van der Waals surface area contributed by atoms with Crippen LogP contribution in [0, 0.1) is 17.8 Å². The van der Waals surface area contributed by atoms with Gasteiger partial charge in [0.15, 0.2) is 0 Å². The molecule has 114 valence electrons. The summed E-state index contributed by atoms with van der Waals surface area (Å²) in [6, 6.07) is 0. The van der Waals surface area contributed by atoms with Crippen LogP contribution in [0.1, 0.15) is 46.0 Å². The number of ether oxygens (including phenoxy) is 2. The van der Waals surface area contributed by atoms with Gasteiger partial charge in [-0.25, -0.2) is 0 Å². The summed E-state index contributed by atoms with van der Waals surface area (Å²) in [5.74, 6) is 1.41. The molecule has 5 atom stereocenters. The van der Waals surface area contributed by atoms with Gasteiger partial charge in [-0.1, -0.05) is 18.6 Å². The van der Waals surface area contributed by atoms with E-state index in [2.05, 4.69) is 19.9 Å². The van der Waals surface area contributed by atoms with Crippen molar-refractivity contribution in [2.45, 2.75) is 57.7 Å². The van der Waals surface area contributed by atoms with E-state index in [-0.39, 0.29) is 11.7 Å². The van der Waals surface area contributed by atoms with E-state index in [1.165, 1.54) is 5.57 Å². The summed E-state index contributed by atoms with van der Waals surface area (Å²) in [4.78, 5) is 0. The van der Waals surface area contributed by atoms with Gasteiger partial charge in [0.25, 0.3) is 0 Å². The Hall–Kier alpha value is -0.380. The normalized spacial score (nSPS) is 43.5. The topological polar surface area (TPSA) is 38.7 Å². The first-order valence-electron chi connectivity index (χ1n) is 8.15. The van der Waals surface area contributed by atoms with Crippen LogP contribution in [0.4, 0.5) is 0 Å². The fourth-order valence-corrected chi connectivity index (χ4v) is 4.46. The minimum atomic E-state index is -0.178. The first-order valence-corrected chi connectivity index (χ1v) is 8.15. The van der Waals surface area contributed by atoms with Gasteiger partial charge in [0.1, 0.15) is 0 Å². The van der Waals surface area contributed by atoms with Gasteiger partial charge in [-0.05, 0) is 50.4 Å². The first-order chi connectivity index (χ1) is 9.58. The number of hydrogen-bond donors (Lipinski definition) is 1. The molecule has 2 saturated heterocycles. The molecule has 5 unspecified atom stereocenters. The van der Waals surface area contributed by atoms with Gasteiger partial charge < -0.3 is 14.6 Å². The van der Waals surface area contributed by atoms with Crippen LogP contribution in [0.5, 0.6) is 0 Å². The number of rotatable bonds is 2. The lowest BCUT2D eigenvalue weighted by Gasteiger charge is -2.42. The van der Waals surface area contributed by atoms with E-state index in [4.69, 9.17) is 9.47 Å². The van der Waals surface area contributed by atoms with Crippen molar-refractivity contribution in [3.05, 3.63) is 11.6 Å². The Morgan fingerprint density at radius 3 is 2.90 bits per heavy atom. The predicted molar refractivity (Wildman–Crippen MR) is 78.5 cm³/mol. The minimum absolute atomic E-state index is 0.0882. The van der Waals surface area contributed by atoms with Crippen LogP contribution in [0.2, 0.25) is 0 Å². The van der Waals surface area contributed by atoms with Crippen LogP contribution in [-0.2, 0) is 9.47 Å². The lowest BCUT2D eigenvalue weighted by Crippen LogP contribution is -2.45. The Bertz CT molecular complexity index is 370. The third-order valence-corrected chi connectivity index (χ3v) is 5.39. The van der Waals surface area contributed by atoms with Crippen LogP contribution in [0.25, 0.3) is 0 Å². The SMILES string of the molecule is CC1=CC(C)CC(C(O)C2CCOC3(CCOC3)C2)C1. The summed E-state index contributed by atoms with van der Waals surface area (Å²) >= 11 is 0. The number of allylic oxidation sites excluding steroid dienone is 2. The summed E-state index contributed by atoms with van der Waals surface area (Å²) in [5, 5.41) is 10.9. The molecular formula is C17H28O3. The Morgan fingerprint density at radius 2 is 2.20 bits per heavy atom. The van der Waals surface area contributed by atoms with Gasteiger partial charge >= 0.3 is 0 Å². The quantitative estimate of drug-likeness (QED) is 0.790. The molecule has 3 rings (SSSR count). The number of aliphatic hydroxyl groups is 1. The van der Waals surface area contributed by atoms with Gasteiger partial charge in [0.05, 0.1) is 18.3 Å². The van der Waals surface area contributed by atoms with Gasteiger partial charge in [-0.3, -0.25) is 0 Å². The molecule has 2 aliphatic heterocycles. The highest BCUT2D eigenvalue weighted by molar-refractivity contribution is 5.08. The van der Waals surface area contributed by atoms with Crippen molar-refractivity contribution in [3.8, 4) is 0 Å². The van der Waals surface area contributed by atoms with Gasteiger partial charge in [0.2, 0.25) is 0 Å². The van der Waals surface area contributed by atoms with E-state index in [1.54, 1.807) is 0 Å². The molecule has 1 spiro atoms. The molecule has 0 radical (unpaired) electrons. The lowest BCUT2D eigenvalue weighted by molar-refractivity contribution is -0.124. The summed E-state index contributed by atoms with van der Waals surface area (Å²) < 4.78 is 11.5. The van der Waals surface area contributed by atoms with Gasteiger partial charge in [-0.2, -0.15) is 0 Å². The Balaban J connectivity index is 1.64. The zero-order valence-electron chi connectivity index (χ0n) is 12.8. The molecule has 1 aliphatic carbocycles. The predicted octanol–water partition coefficient (Wildman–Crippen LogP) is 2.93. The maximum atomic E-state index is 10.9. The van der Waals surface area contributed by atoms with Gasteiger partial charge in [-0.15, -0.1) is 0 Å². The van der Waals surface area contributed by atoms with E-state index in [0.29, 0.717) is 17.8 Å². The molecule has 0 aromatic carbocycles. The lowest BCUT2D eigenvalue weighted by atomic mass is 9.73. The molecule has 20 heavy (non-hydrogen) atoms. The minimum Gasteiger partial charge on any atom is -0.393 e. The molecule has 0 saturated carbocycles. The fraction of sp³-hybridized carbons (Fsp3) is 0.882.